The molecular formula is C25H29N5O2. The largest absolute Gasteiger partial charge is 0.352 e. The minimum Gasteiger partial charge on any atom is -0.352 e. The highest BCUT2D eigenvalue weighted by molar-refractivity contribution is 5.94. The highest BCUT2D eigenvalue weighted by atomic mass is 16.1. The first-order chi connectivity index (χ1) is 15.6. The quantitative estimate of drug-likeness (QED) is 0.413. The van der Waals surface area contributed by atoms with Crippen LogP contribution in [0.15, 0.2) is 65.7 Å². The smallest absolute Gasteiger partial charge is 0.276 e. The normalized spacial score (nSPS) is 11.5. The molecule has 4 rings (SSSR count). The fourth-order valence-corrected chi connectivity index (χ4v) is 4.02. The molecule has 0 aliphatic heterocycles. The third-order valence-corrected chi connectivity index (χ3v) is 5.88. The van der Waals surface area contributed by atoms with Crippen LogP contribution in [0.25, 0.3) is 16.7 Å². The van der Waals surface area contributed by atoms with Crippen LogP contribution in [-0.4, -0.2) is 50.9 Å². The van der Waals surface area contributed by atoms with Crippen LogP contribution in [0.5, 0.6) is 0 Å². The summed E-state index contributed by atoms with van der Waals surface area (Å²) in [4.78, 5) is 32.3. The summed E-state index contributed by atoms with van der Waals surface area (Å²) in [7, 11) is 0. The Bertz CT molecular complexity index is 1270. The van der Waals surface area contributed by atoms with E-state index in [1.54, 1.807) is 10.8 Å². The number of rotatable bonds is 9. The summed E-state index contributed by atoms with van der Waals surface area (Å²) in [5.74, 6) is -0.0741. The van der Waals surface area contributed by atoms with Crippen molar-refractivity contribution in [1.82, 2.24) is 24.2 Å². The molecule has 32 heavy (non-hydrogen) atoms. The summed E-state index contributed by atoms with van der Waals surface area (Å²) in [5, 5.41) is 2.99. The van der Waals surface area contributed by atoms with Gasteiger partial charge in [0.1, 0.15) is 5.52 Å². The van der Waals surface area contributed by atoms with Gasteiger partial charge in [-0.3, -0.25) is 14.2 Å². The fraction of sp³-hybridized carbons (Fsp3) is 0.320. The van der Waals surface area contributed by atoms with E-state index in [9.17, 15) is 9.59 Å². The Kier molecular flexibility index (Phi) is 6.66. The first-order valence-electron chi connectivity index (χ1n) is 11.2. The average molecular weight is 432 g/mol. The van der Waals surface area contributed by atoms with Gasteiger partial charge in [-0.2, -0.15) is 0 Å². The van der Waals surface area contributed by atoms with Crippen LogP contribution in [0.1, 0.15) is 36.2 Å². The molecule has 166 valence electrons. The number of fused-ring (bicyclic) bond motifs is 3. The number of amides is 1. The van der Waals surface area contributed by atoms with Crippen molar-refractivity contribution < 1.29 is 4.79 Å². The van der Waals surface area contributed by atoms with Gasteiger partial charge in [-0.25, -0.2) is 4.98 Å². The molecule has 0 saturated heterocycles. The molecule has 0 spiro atoms. The van der Waals surface area contributed by atoms with Gasteiger partial charge in [0.25, 0.3) is 11.5 Å². The van der Waals surface area contributed by atoms with Crippen molar-refractivity contribution in [1.29, 1.82) is 0 Å². The number of carbonyl (C=O) groups is 1. The fourth-order valence-electron chi connectivity index (χ4n) is 4.02. The molecule has 1 amide bonds. The van der Waals surface area contributed by atoms with Gasteiger partial charge in [0.05, 0.1) is 12.1 Å². The van der Waals surface area contributed by atoms with E-state index in [-0.39, 0.29) is 11.5 Å². The lowest BCUT2D eigenvalue weighted by Gasteiger charge is -2.17. The van der Waals surface area contributed by atoms with Crippen molar-refractivity contribution in [3.8, 4) is 0 Å². The number of nitrogens with one attached hydrogen (secondary N) is 1. The van der Waals surface area contributed by atoms with E-state index in [0.717, 1.165) is 37.1 Å². The van der Waals surface area contributed by atoms with Crippen LogP contribution in [0, 0.1) is 0 Å². The Morgan fingerprint density at radius 1 is 1.03 bits per heavy atom. The molecule has 0 unspecified atom stereocenters. The van der Waals surface area contributed by atoms with Crippen LogP contribution in [-0.2, 0) is 6.54 Å². The van der Waals surface area contributed by atoms with E-state index in [2.05, 4.69) is 29.0 Å². The summed E-state index contributed by atoms with van der Waals surface area (Å²) in [6.07, 6.45) is 4.50. The maximum Gasteiger partial charge on any atom is 0.276 e. The van der Waals surface area contributed by atoms with E-state index in [1.807, 2.05) is 59.1 Å². The molecule has 4 aromatic rings. The number of benzene rings is 1. The molecular weight excluding hydrogens is 402 g/mol. The van der Waals surface area contributed by atoms with Crippen LogP contribution in [0.2, 0.25) is 0 Å². The van der Waals surface area contributed by atoms with E-state index in [1.165, 1.54) is 0 Å². The predicted molar refractivity (Wildman–Crippen MR) is 127 cm³/mol. The van der Waals surface area contributed by atoms with Crippen LogP contribution in [0.4, 0.5) is 0 Å². The molecule has 1 aromatic carbocycles. The minimum atomic E-state index is -0.0868. The number of carbonyl (C=O) groups excluding carboxylic acids is 1. The zero-order chi connectivity index (χ0) is 22.5. The highest BCUT2D eigenvalue weighted by Crippen LogP contribution is 2.15. The Morgan fingerprint density at radius 2 is 1.78 bits per heavy atom. The van der Waals surface area contributed by atoms with Crippen LogP contribution >= 0.6 is 0 Å². The topological polar surface area (TPSA) is 71.6 Å². The summed E-state index contributed by atoms with van der Waals surface area (Å²) in [6, 6.07) is 14.9. The van der Waals surface area contributed by atoms with Crippen molar-refractivity contribution >= 4 is 22.6 Å². The summed E-state index contributed by atoms with van der Waals surface area (Å²) < 4.78 is 3.56. The van der Waals surface area contributed by atoms with Gasteiger partial charge in [0.15, 0.2) is 5.65 Å². The second-order valence-corrected chi connectivity index (χ2v) is 7.83. The van der Waals surface area contributed by atoms with Crippen LogP contribution < -0.4 is 10.9 Å². The van der Waals surface area contributed by atoms with Gasteiger partial charge in [0.2, 0.25) is 0 Å². The zero-order valence-corrected chi connectivity index (χ0v) is 18.6. The lowest BCUT2D eigenvalue weighted by Crippen LogP contribution is -2.29. The molecule has 7 nitrogen and oxygen atoms in total. The Labute approximate surface area is 187 Å². The van der Waals surface area contributed by atoms with Gasteiger partial charge in [0, 0.05) is 24.5 Å². The summed E-state index contributed by atoms with van der Waals surface area (Å²) in [5.41, 5.74) is 3.61. The first-order valence-corrected chi connectivity index (χ1v) is 11.2. The van der Waals surface area contributed by atoms with E-state index < -0.39 is 0 Å². The van der Waals surface area contributed by atoms with Crippen molar-refractivity contribution in [2.45, 2.75) is 26.8 Å². The van der Waals surface area contributed by atoms with Gasteiger partial charge < -0.3 is 14.6 Å². The van der Waals surface area contributed by atoms with Crippen molar-refractivity contribution in [3.63, 3.8) is 0 Å². The minimum absolute atomic E-state index is 0.0741. The monoisotopic (exact) mass is 431 g/mol. The molecule has 3 aromatic heterocycles. The van der Waals surface area contributed by atoms with Gasteiger partial charge in [-0.15, -0.1) is 0 Å². The number of nitrogens with zero attached hydrogens (tertiary/aromatic N) is 4. The first kappa shape index (κ1) is 21.8. The maximum absolute atomic E-state index is 13.1. The Balaban J connectivity index is 1.47. The van der Waals surface area contributed by atoms with E-state index in [4.69, 9.17) is 0 Å². The van der Waals surface area contributed by atoms with Gasteiger partial charge in [-0.1, -0.05) is 26.0 Å². The zero-order valence-electron chi connectivity index (χ0n) is 18.6. The summed E-state index contributed by atoms with van der Waals surface area (Å²) in [6.45, 7) is 8.37. The summed E-state index contributed by atoms with van der Waals surface area (Å²) >= 11 is 0. The molecule has 0 aliphatic rings. The van der Waals surface area contributed by atoms with Gasteiger partial charge in [-0.05, 0) is 68.0 Å². The lowest BCUT2D eigenvalue weighted by molar-refractivity contribution is 0.0952. The molecule has 0 aliphatic carbocycles. The van der Waals surface area contributed by atoms with Crippen LogP contribution in [0.3, 0.4) is 0 Å². The van der Waals surface area contributed by atoms with Crippen molar-refractivity contribution in [2.24, 2.45) is 0 Å². The Hall–Kier alpha value is -3.45. The predicted octanol–water partition coefficient (Wildman–Crippen LogP) is 3.16. The van der Waals surface area contributed by atoms with E-state index in [0.29, 0.717) is 29.8 Å². The van der Waals surface area contributed by atoms with E-state index >= 15 is 0 Å². The average Bonchev–Trinajstić information content (AvgIpc) is 3.33. The SMILES string of the molecule is CCN(CC)CCCNC(=O)c1ccc(Cn2c(=O)c3cccn3c3cccnc32)cc1. The second kappa shape index (κ2) is 9.78. The molecule has 0 bridgehead atoms. The Morgan fingerprint density at radius 3 is 2.53 bits per heavy atom. The standard InChI is InChI=1S/C25H29N5O2/c1-3-28(4-2)16-7-15-27-24(31)20-12-10-19(11-13-20)18-30-23-21(8-5-14-26-23)29-17-6-9-22(29)25(30)32/h5-6,8-14,17H,3-4,7,15-16,18H2,1-2H3,(H,27,31). The molecule has 7 heteroatoms. The maximum atomic E-state index is 13.1. The number of hydrogen-bond donors (Lipinski definition) is 1. The number of hydrogen-bond acceptors (Lipinski definition) is 4. The third kappa shape index (κ3) is 4.43. The molecule has 0 fully saturated rings. The highest BCUT2D eigenvalue weighted by Gasteiger charge is 2.12. The molecule has 0 atom stereocenters. The molecule has 3 heterocycles. The lowest BCUT2D eigenvalue weighted by atomic mass is 10.1. The van der Waals surface area contributed by atoms with Gasteiger partial charge >= 0.3 is 0 Å². The molecule has 1 N–H and O–H groups in total. The van der Waals surface area contributed by atoms with Crippen molar-refractivity contribution in [3.05, 3.63) is 82.4 Å². The third-order valence-electron chi connectivity index (χ3n) is 5.88. The van der Waals surface area contributed by atoms with Crippen molar-refractivity contribution in [2.75, 3.05) is 26.2 Å². The second-order valence-electron chi connectivity index (χ2n) is 7.83. The molecule has 0 saturated carbocycles. The molecule has 0 radical (unpaired) electrons. The number of aromatic nitrogens is 3. The number of pyridine rings is 1.